The number of fused-ring (bicyclic) bond motifs is 1. The largest absolute Gasteiger partial charge is 0.493 e. The number of rotatable bonds is 9. The highest BCUT2D eigenvalue weighted by atomic mass is 79.9. The molecule has 0 bridgehead atoms. The van der Waals surface area contributed by atoms with Crippen molar-refractivity contribution in [3.63, 3.8) is 0 Å². The smallest absolute Gasteiger partial charge is 0.262 e. The maximum Gasteiger partial charge on any atom is 0.262 e. The first-order chi connectivity index (χ1) is 15.0. The zero-order valence-electron chi connectivity index (χ0n) is 17.4. The van der Waals surface area contributed by atoms with Crippen molar-refractivity contribution >= 4 is 27.9 Å². The Labute approximate surface area is 189 Å². The quantitative estimate of drug-likeness (QED) is 0.316. The van der Waals surface area contributed by atoms with Crippen LogP contribution in [0.5, 0.6) is 23.0 Å². The topological polar surface area (TPSA) is 89.8 Å². The van der Waals surface area contributed by atoms with Crippen molar-refractivity contribution in [1.29, 1.82) is 5.26 Å². The molecule has 0 spiro atoms. The second-order valence-corrected chi connectivity index (χ2v) is 7.62. The van der Waals surface area contributed by atoms with Gasteiger partial charge in [-0.3, -0.25) is 4.79 Å². The van der Waals surface area contributed by atoms with Crippen LogP contribution in [0.1, 0.15) is 30.9 Å². The minimum absolute atomic E-state index is 0.0249. The molecule has 1 amide bonds. The summed E-state index contributed by atoms with van der Waals surface area (Å²) in [6.07, 6.45) is 3.47. The number of benzene rings is 2. The SMILES string of the molecule is CCCCOc1cc(Br)c(/C=C(\C#N)C(=O)NCc2ccc3c(c2)OCO3)cc1OC. The number of halogens is 1. The maximum absolute atomic E-state index is 12.6. The molecule has 0 saturated heterocycles. The normalized spacial score (nSPS) is 12.3. The summed E-state index contributed by atoms with van der Waals surface area (Å²) in [6.45, 7) is 3.11. The molecule has 31 heavy (non-hydrogen) atoms. The van der Waals surface area contributed by atoms with Crippen molar-refractivity contribution in [3.05, 3.63) is 51.5 Å². The summed E-state index contributed by atoms with van der Waals surface area (Å²) < 4.78 is 22.5. The van der Waals surface area contributed by atoms with E-state index in [1.807, 2.05) is 12.1 Å². The third-order valence-electron chi connectivity index (χ3n) is 4.59. The van der Waals surface area contributed by atoms with Crippen LogP contribution in [-0.2, 0) is 11.3 Å². The molecule has 1 N–H and O–H groups in total. The predicted molar refractivity (Wildman–Crippen MR) is 119 cm³/mol. The fourth-order valence-electron chi connectivity index (χ4n) is 2.89. The fourth-order valence-corrected chi connectivity index (χ4v) is 3.33. The monoisotopic (exact) mass is 486 g/mol. The number of nitrogens with one attached hydrogen (secondary N) is 1. The molecule has 0 radical (unpaired) electrons. The van der Waals surface area contributed by atoms with Crippen LogP contribution in [0, 0.1) is 11.3 Å². The van der Waals surface area contributed by atoms with E-state index in [1.165, 1.54) is 6.08 Å². The minimum atomic E-state index is -0.477. The van der Waals surface area contributed by atoms with Crippen LogP contribution in [0.3, 0.4) is 0 Å². The zero-order valence-corrected chi connectivity index (χ0v) is 19.0. The third kappa shape index (κ3) is 5.70. The molecule has 0 aliphatic carbocycles. The lowest BCUT2D eigenvalue weighted by atomic mass is 10.1. The van der Waals surface area contributed by atoms with Crippen LogP contribution < -0.4 is 24.3 Å². The van der Waals surface area contributed by atoms with Gasteiger partial charge in [-0.25, -0.2) is 0 Å². The van der Waals surface area contributed by atoms with Crippen LogP contribution in [0.25, 0.3) is 6.08 Å². The summed E-state index contributed by atoms with van der Waals surface area (Å²) in [6, 6.07) is 10.9. The van der Waals surface area contributed by atoms with Gasteiger partial charge < -0.3 is 24.3 Å². The highest BCUT2D eigenvalue weighted by Gasteiger charge is 2.16. The van der Waals surface area contributed by atoms with Crippen molar-refractivity contribution in [2.24, 2.45) is 0 Å². The molecule has 1 aliphatic rings. The number of amides is 1. The Kier molecular flexibility index (Phi) is 7.79. The summed E-state index contributed by atoms with van der Waals surface area (Å²) in [5.41, 5.74) is 1.45. The van der Waals surface area contributed by atoms with Gasteiger partial charge in [-0.2, -0.15) is 5.26 Å². The lowest BCUT2D eigenvalue weighted by molar-refractivity contribution is -0.117. The predicted octanol–water partition coefficient (Wildman–Crippen LogP) is 4.59. The van der Waals surface area contributed by atoms with Crippen molar-refractivity contribution in [1.82, 2.24) is 5.32 Å². The Morgan fingerprint density at radius 2 is 2.06 bits per heavy atom. The third-order valence-corrected chi connectivity index (χ3v) is 5.28. The molecule has 0 atom stereocenters. The van der Waals surface area contributed by atoms with Gasteiger partial charge in [-0.1, -0.05) is 35.3 Å². The highest BCUT2D eigenvalue weighted by Crippen LogP contribution is 2.35. The molecule has 8 heteroatoms. The fraction of sp³-hybridized carbons (Fsp3) is 0.304. The van der Waals surface area contributed by atoms with Crippen molar-refractivity contribution in [2.45, 2.75) is 26.3 Å². The van der Waals surface area contributed by atoms with Crippen molar-refractivity contribution < 1.29 is 23.7 Å². The van der Waals surface area contributed by atoms with Crippen LogP contribution in [0.15, 0.2) is 40.4 Å². The number of carbonyl (C=O) groups excluding carboxylic acids is 1. The molecular weight excluding hydrogens is 464 g/mol. The number of nitriles is 1. The molecule has 1 aliphatic heterocycles. The lowest BCUT2D eigenvalue weighted by Gasteiger charge is -2.13. The van der Waals surface area contributed by atoms with E-state index in [9.17, 15) is 10.1 Å². The summed E-state index contributed by atoms with van der Waals surface area (Å²) in [7, 11) is 1.55. The number of unbranched alkanes of at least 4 members (excludes halogenated alkanes) is 1. The Morgan fingerprint density at radius 3 is 2.81 bits per heavy atom. The first kappa shape index (κ1) is 22.5. The second-order valence-electron chi connectivity index (χ2n) is 6.77. The molecule has 3 rings (SSSR count). The summed E-state index contributed by atoms with van der Waals surface area (Å²) in [4.78, 5) is 12.6. The molecule has 2 aromatic rings. The number of ether oxygens (including phenoxy) is 4. The molecule has 162 valence electrons. The average molecular weight is 487 g/mol. The Hall–Kier alpha value is -3.18. The number of methoxy groups -OCH3 is 1. The van der Waals surface area contributed by atoms with E-state index in [0.29, 0.717) is 39.6 Å². The van der Waals surface area contributed by atoms with E-state index >= 15 is 0 Å². The molecule has 1 heterocycles. The molecule has 7 nitrogen and oxygen atoms in total. The van der Waals surface area contributed by atoms with Gasteiger partial charge in [0.05, 0.1) is 13.7 Å². The molecule has 0 aromatic heterocycles. The highest BCUT2D eigenvalue weighted by molar-refractivity contribution is 9.10. The Bertz CT molecular complexity index is 1030. The average Bonchev–Trinajstić information content (AvgIpc) is 3.25. The molecule has 0 saturated carbocycles. The summed E-state index contributed by atoms with van der Waals surface area (Å²) in [5, 5.41) is 12.3. The van der Waals surface area contributed by atoms with Gasteiger partial charge in [-0.05, 0) is 47.9 Å². The number of hydrogen-bond donors (Lipinski definition) is 1. The van der Waals surface area contributed by atoms with Gasteiger partial charge in [0, 0.05) is 11.0 Å². The molecule has 2 aromatic carbocycles. The Morgan fingerprint density at radius 1 is 1.26 bits per heavy atom. The molecular formula is C23H23BrN2O5. The van der Waals surface area contributed by atoms with Crippen LogP contribution in [0.4, 0.5) is 0 Å². The molecule has 0 unspecified atom stereocenters. The first-order valence-corrected chi connectivity index (χ1v) is 10.6. The van der Waals surface area contributed by atoms with Gasteiger partial charge in [-0.15, -0.1) is 0 Å². The van der Waals surface area contributed by atoms with Gasteiger partial charge in [0.25, 0.3) is 5.91 Å². The Balaban J connectivity index is 1.72. The second kappa shape index (κ2) is 10.7. The number of nitrogens with zero attached hydrogens (tertiary/aromatic N) is 1. The van der Waals surface area contributed by atoms with Crippen LogP contribution >= 0.6 is 15.9 Å². The zero-order chi connectivity index (χ0) is 22.2. The van der Waals surface area contributed by atoms with Gasteiger partial charge >= 0.3 is 0 Å². The number of carbonyl (C=O) groups is 1. The lowest BCUT2D eigenvalue weighted by Crippen LogP contribution is -2.23. The maximum atomic E-state index is 12.6. The van der Waals surface area contributed by atoms with Gasteiger partial charge in [0.1, 0.15) is 11.6 Å². The van der Waals surface area contributed by atoms with Crippen molar-refractivity contribution in [3.8, 4) is 29.1 Å². The van der Waals surface area contributed by atoms with E-state index in [2.05, 4.69) is 28.2 Å². The summed E-state index contributed by atoms with van der Waals surface area (Å²) in [5.74, 6) is 1.97. The van der Waals surface area contributed by atoms with E-state index in [4.69, 9.17) is 18.9 Å². The van der Waals surface area contributed by atoms with Crippen molar-refractivity contribution in [2.75, 3.05) is 20.5 Å². The minimum Gasteiger partial charge on any atom is -0.493 e. The van der Waals surface area contributed by atoms with E-state index in [-0.39, 0.29) is 18.9 Å². The van der Waals surface area contributed by atoms with E-state index < -0.39 is 5.91 Å². The molecule has 0 fully saturated rings. The van der Waals surface area contributed by atoms with Crippen LogP contribution in [-0.4, -0.2) is 26.4 Å². The standard InChI is InChI=1S/C23H23BrN2O5/c1-3-4-7-29-22-11-18(24)16(10-20(22)28-2)9-17(12-25)23(27)26-13-15-5-6-19-21(8-15)31-14-30-19/h5-6,8-11H,3-4,7,13-14H2,1-2H3,(H,26,27)/b17-9+. The van der Waals surface area contributed by atoms with E-state index in [1.54, 1.807) is 31.4 Å². The van der Waals surface area contributed by atoms with Gasteiger partial charge in [0.15, 0.2) is 23.0 Å². The van der Waals surface area contributed by atoms with Gasteiger partial charge in [0.2, 0.25) is 6.79 Å². The number of hydrogen-bond acceptors (Lipinski definition) is 6. The first-order valence-electron chi connectivity index (χ1n) is 9.84. The van der Waals surface area contributed by atoms with Crippen LogP contribution in [0.2, 0.25) is 0 Å². The van der Waals surface area contributed by atoms with E-state index in [0.717, 1.165) is 18.4 Å². The summed E-state index contributed by atoms with van der Waals surface area (Å²) >= 11 is 3.48.